The van der Waals surface area contributed by atoms with Crippen LogP contribution in [0, 0.1) is 21.7 Å². The average Bonchev–Trinajstić information content (AvgIpc) is 2.37. The number of benzene rings is 1. The Balaban J connectivity index is 2.92. The van der Waals surface area contributed by atoms with Crippen LogP contribution in [0.25, 0.3) is 0 Å². The topological polar surface area (TPSA) is 119 Å². The van der Waals surface area contributed by atoms with E-state index >= 15 is 0 Å². The Morgan fingerprint density at radius 2 is 1.95 bits per heavy atom. The number of hydrogen-bond acceptors (Lipinski definition) is 6. The van der Waals surface area contributed by atoms with E-state index in [1.165, 1.54) is 0 Å². The number of aliphatic hydroxyl groups excluding tert-OH is 1. The fraction of sp³-hybridized carbons (Fsp3) is 0.400. The number of rotatable bonds is 8. The molecule has 0 atom stereocenters. The molecule has 11 heteroatoms. The van der Waals surface area contributed by atoms with Gasteiger partial charge in [-0.05, 0) is 0 Å². The molecule has 0 spiro atoms. The molecule has 0 heterocycles. The van der Waals surface area contributed by atoms with Gasteiger partial charge < -0.3 is 9.84 Å². The normalized spacial score (nSPS) is 11.6. The zero-order valence-electron chi connectivity index (χ0n) is 10.6. The van der Waals surface area contributed by atoms with Crippen molar-refractivity contribution in [3.05, 3.63) is 33.9 Å². The van der Waals surface area contributed by atoms with E-state index in [0.717, 1.165) is 0 Å². The summed E-state index contributed by atoms with van der Waals surface area (Å²) in [4.78, 5) is 8.34. The molecule has 1 aromatic rings. The summed E-state index contributed by atoms with van der Waals surface area (Å²) < 4.78 is 56.9. The molecule has 118 valence electrons. The van der Waals surface area contributed by atoms with Gasteiger partial charge in [-0.2, -0.15) is 4.39 Å². The number of aliphatic hydroxyl groups is 1. The third-order valence-electron chi connectivity index (χ3n) is 2.26. The molecule has 0 aromatic heterocycles. The van der Waals surface area contributed by atoms with E-state index in [-0.39, 0.29) is 32.4 Å². The molecule has 0 saturated carbocycles. The van der Waals surface area contributed by atoms with E-state index in [1.54, 1.807) is 0 Å². The van der Waals surface area contributed by atoms with Crippen LogP contribution in [-0.4, -0.2) is 44.8 Å². The van der Waals surface area contributed by atoms with Crippen molar-refractivity contribution in [2.24, 2.45) is 0 Å². The predicted molar refractivity (Wildman–Crippen MR) is 66.1 cm³/mol. The highest BCUT2D eigenvalue weighted by Gasteiger charge is 2.26. The Hall–Kier alpha value is -1.69. The van der Waals surface area contributed by atoms with Crippen molar-refractivity contribution in [1.29, 1.82) is 0 Å². The van der Waals surface area contributed by atoms with Crippen LogP contribution in [0.3, 0.4) is 0 Å². The lowest BCUT2D eigenvalue weighted by Crippen LogP contribution is -2.28. The minimum Gasteiger partial charge on any atom is -0.394 e. The Labute approximate surface area is 118 Å². The van der Waals surface area contributed by atoms with E-state index < -0.39 is 37.2 Å². The average molecular weight is 326 g/mol. The SMILES string of the molecule is O=[N+]([O-])c1cc(S(=O)(=O)NCCOCCO)c(F)cc1F. The van der Waals surface area contributed by atoms with Gasteiger partial charge in [-0.1, -0.05) is 0 Å². The first-order valence-corrected chi connectivity index (χ1v) is 7.09. The maximum atomic E-state index is 13.5. The molecule has 0 amide bonds. The lowest BCUT2D eigenvalue weighted by Gasteiger charge is -2.08. The monoisotopic (exact) mass is 326 g/mol. The number of hydrogen-bond donors (Lipinski definition) is 2. The van der Waals surface area contributed by atoms with Gasteiger partial charge in [0.15, 0.2) is 0 Å². The maximum Gasteiger partial charge on any atom is 0.306 e. The van der Waals surface area contributed by atoms with Gasteiger partial charge in [0.05, 0.1) is 24.7 Å². The lowest BCUT2D eigenvalue weighted by atomic mass is 10.3. The van der Waals surface area contributed by atoms with Gasteiger partial charge in [-0.15, -0.1) is 0 Å². The number of nitro benzene ring substituents is 1. The molecule has 0 radical (unpaired) electrons. The van der Waals surface area contributed by atoms with Gasteiger partial charge in [-0.3, -0.25) is 10.1 Å². The van der Waals surface area contributed by atoms with Crippen LogP contribution in [0.2, 0.25) is 0 Å². The highest BCUT2D eigenvalue weighted by Crippen LogP contribution is 2.24. The van der Waals surface area contributed by atoms with Crippen LogP contribution in [-0.2, 0) is 14.8 Å². The molecule has 0 aliphatic rings. The van der Waals surface area contributed by atoms with E-state index in [1.807, 2.05) is 4.72 Å². The number of nitro groups is 1. The number of sulfonamides is 1. The van der Waals surface area contributed by atoms with Crippen LogP contribution in [0.1, 0.15) is 0 Å². The summed E-state index contributed by atoms with van der Waals surface area (Å²) in [5.41, 5.74) is -1.15. The summed E-state index contributed by atoms with van der Waals surface area (Å²) in [5, 5.41) is 19.0. The smallest absolute Gasteiger partial charge is 0.306 e. The van der Waals surface area contributed by atoms with Crippen LogP contribution in [0.4, 0.5) is 14.5 Å². The third kappa shape index (κ3) is 4.67. The second kappa shape index (κ2) is 7.36. The van der Waals surface area contributed by atoms with Crippen molar-refractivity contribution in [1.82, 2.24) is 4.72 Å². The molecule has 21 heavy (non-hydrogen) atoms. The number of ether oxygens (including phenoxy) is 1. The molecule has 0 saturated heterocycles. The van der Waals surface area contributed by atoms with E-state index in [2.05, 4.69) is 0 Å². The van der Waals surface area contributed by atoms with Gasteiger partial charge in [-0.25, -0.2) is 17.5 Å². The third-order valence-corrected chi connectivity index (χ3v) is 3.74. The second-order valence-corrected chi connectivity index (χ2v) is 5.46. The molecule has 0 fully saturated rings. The first-order valence-electron chi connectivity index (χ1n) is 5.61. The fourth-order valence-electron chi connectivity index (χ4n) is 1.36. The van der Waals surface area contributed by atoms with Gasteiger partial charge in [0.2, 0.25) is 15.8 Å². The van der Waals surface area contributed by atoms with Gasteiger partial charge in [0.25, 0.3) is 0 Å². The Morgan fingerprint density at radius 3 is 2.52 bits per heavy atom. The summed E-state index contributed by atoms with van der Waals surface area (Å²) in [5.74, 6) is -2.91. The van der Waals surface area contributed by atoms with E-state index in [9.17, 15) is 27.3 Å². The zero-order chi connectivity index (χ0) is 16.0. The van der Waals surface area contributed by atoms with Crippen LogP contribution < -0.4 is 4.72 Å². The Kier molecular flexibility index (Phi) is 6.08. The van der Waals surface area contributed by atoms with Crippen LogP contribution in [0.5, 0.6) is 0 Å². The molecule has 0 bridgehead atoms. The van der Waals surface area contributed by atoms with Crippen molar-refractivity contribution in [3.8, 4) is 0 Å². The quantitative estimate of drug-likeness (QED) is 0.399. The fourth-order valence-corrected chi connectivity index (χ4v) is 2.45. The second-order valence-electron chi connectivity index (χ2n) is 3.72. The highest BCUT2D eigenvalue weighted by atomic mass is 32.2. The molecule has 0 aliphatic carbocycles. The van der Waals surface area contributed by atoms with Gasteiger partial charge in [0, 0.05) is 18.7 Å². The summed E-state index contributed by atoms with van der Waals surface area (Å²) in [6.07, 6.45) is 0. The largest absolute Gasteiger partial charge is 0.394 e. The maximum absolute atomic E-state index is 13.5. The molecule has 8 nitrogen and oxygen atoms in total. The van der Waals surface area contributed by atoms with Crippen molar-refractivity contribution in [2.75, 3.05) is 26.4 Å². The minimum absolute atomic E-state index is 0.00188. The van der Waals surface area contributed by atoms with E-state index in [4.69, 9.17) is 9.84 Å². The summed E-state index contributed by atoms with van der Waals surface area (Å²) in [7, 11) is -4.39. The van der Waals surface area contributed by atoms with E-state index in [0.29, 0.717) is 6.07 Å². The van der Waals surface area contributed by atoms with Gasteiger partial charge in [0.1, 0.15) is 10.7 Å². The molecule has 0 aliphatic heterocycles. The molecular weight excluding hydrogens is 314 g/mol. The molecular formula is C10H12F2N2O6S. The summed E-state index contributed by atoms with van der Waals surface area (Å²) in [6, 6.07) is 0.441. The zero-order valence-corrected chi connectivity index (χ0v) is 11.4. The summed E-state index contributed by atoms with van der Waals surface area (Å²) >= 11 is 0. The Morgan fingerprint density at radius 1 is 1.29 bits per heavy atom. The Bertz CT molecular complexity index is 622. The van der Waals surface area contributed by atoms with Crippen molar-refractivity contribution in [3.63, 3.8) is 0 Å². The summed E-state index contributed by atoms with van der Waals surface area (Å²) in [6.45, 7) is -0.582. The number of nitrogens with zero attached hydrogens (tertiary/aromatic N) is 1. The molecule has 0 unspecified atom stereocenters. The van der Waals surface area contributed by atoms with Crippen LogP contribution >= 0.6 is 0 Å². The predicted octanol–water partition coefficient (Wildman–Crippen LogP) is 0.160. The van der Waals surface area contributed by atoms with Crippen molar-refractivity contribution >= 4 is 15.7 Å². The molecule has 1 aromatic carbocycles. The first-order chi connectivity index (χ1) is 9.79. The standard InChI is InChI=1S/C10H12F2N2O6S/c11-7-5-8(12)10(6-9(7)14(16)17)21(18,19)13-1-3-20-4-2-15/h5-6,13,15H,1-4H2. The lowest BCUT2D eigenvalue weighted by molar-refractivity contribution is -0.387. The number of nitrogens with one attached hydrogen (secondary N) is 1. The first kappa shape index (κ1) is 17.4. The molecule has 1 rings (SSSR count). The van der Waals surface area contributed by atoms with Crippen molar-refractivity contribution in [2.45, 2.75) is 4.90 Å². The highest BCUT2D eigenvalue weighted by molar-refractivity contribution is 7.89. The molecule has 2 N–H and O–H groups in total. The number of halogens is 2. The van der Waals surface area contributed by atoms with Crippen molar-refractivity contribution < 1.29 is 32.0 Å². The van der Waals surface area contributed by atoms with Crippen LogP contribution in [0.15, 0.2) is 17.0 Å². The minimum atomic E-state index is -4.39. The van der Waals surface area contributed by atoms with Gasteiger partial charge >= 0.3 is 5.69 Å².